The zero-order chi connectivity index (χ0) is 12.6. The van der Waals surface area contributed by atoms with E-state index in [1.165, 1.54) is 24.3 Å². The molecule has 6 nitrogen and oxygen atoms in total. The van der Waals surface area contributed by atoms with Crippen LogP contribution in [0.3, 0.4) is 0 Å². The summed E-state index contributed by atoms with van der Waals surface area (Å²) in [6, 6.07) is 5.24. The number of carbonyl (C=O) groups excluding carboxylic acids is 2. The highest BCUT2D eigenvalue weighted by molar-refractivity contribution is 6.07. The molecule has 1 aliphatic heterocycles. The van der Waals surface area contributed by atoms with E-state index in [2.05, 4.69) is 10.6 Å². The fourth-order valence-corrected chi connectivity index (χ4v) is 1.69. The molecular weight excluding hydrogens is 224 g/mol. The van der Waals surface area contributed by atoms with E-state index >= 15 is 0 Å². The molecule has 1 heterocycles. The summed E-state index contributed by atoms with van der Waals surface area (Å²) in [6.07, 6.45) is 0. The topological polar surface area (TPSA) is 95.5 Å². The van der Waals surface area contributed by atoms with Gasteiger partial charge in [-0.15, -0.1) is 0 Å². The van der Waals surface area contributed by atoms with Gasteiger partial charge < -0.3 is 10.4 Å². The summed E-state index contributed by atoms with van der Waals surface area (Å²) in [4.78, 5) is 33.4. The van der Waals surface area contributed by atoms with Crippen LogP contribution in [0.15, 0.2) is 24.3 Å². The van der Waals surface area contributed by atoms with Crippen molar-refractivity contribution in [3.8, 4) is 0 Å². The third-order valence-electron chi connectivity index (χ3n) is 2.75. The molecule has 1 atom stereocenters. The lowest BCUT2D eigenvalue weighted by molar-refractivity contribution is -0.123. The van der Waals surface area contributed by atoms with Crippen molar-refractivity contribution in [2.45, 2.75) is 12.5 Å². The monoisotopic (exact) mass is 234 g/mol. The molecule has 17 heavy (non-hydrogen) atoms. The zero-order valence-corrected chi connectivity index (χ0v) is 8.98. The van der Waals surface area contributed by atoms with Gasteiger partial charge in [0.15, 0.2) is 0 Å². The van der Waals surface area contributed by atoms with E-state index in [4.69, 9.17) is 5.11 Å². The van der Waals surface area contributed by atoms with Crippen LogP contribution < -0.4 is 10.6 Å². The molecule has 1 aliphatic rings. The van der Waals surface area contributed by atoms with Crippen molar-refractivity contribution in [2.75, 3.05) is 0 Å². The fourth-order valence-electron chi connectivity index (χ4n) is 1.69. The number of carboxylic acid groups (broad SMARTS) is 1. The smallest absolute Gasteiger partial charge is 0.335 e. The third kappa shape index (κ3) is 1.73. The number of hydrogen-bond donors (Lipinski definition) is 3. The highest BCUT2D eigenvalue weighted by Crippen LogP contribution is 2.24. The van der Waals surface area contributed by atoms with Gasteiger partial charge in [0.05, 0.1) is 5.56 Å². The van der Waals surface area contributed by atoms with Crippen molar-refractivity contribution in [3.63, 3.8) is 0 Å². The number of hydrogen-bond acceptors (Lipinski definition) is 3. The number of aromatic carboxylic acids is 1. The van der Waals surface area contributed by atoms with E-state index in [0.29, 0.717) is 5.56 Å². The summed E-state index contributed by atoms with van der Waals surface area (Å²) in [5.74, 6) is -1.49. The van der Waals surface area contributed by atoms with Gasteiger partial charge in [-0.25, -0.2) is 9.59 Å². The standard InChI is InChI=1S/C11H10N2O4/c1-11(9(16)12-10(17)13-11)7-4-2-6(3-5-7)8(14)15/h2-5H,1H3,(H,14,15)(H2,12,13,16,17). The first-order chi connectivity index (χ1) is 7.93. The Morgan fingerprint density at radius 3 is 2.24 bits per heavy atom. The number of imide groups is 1. The lowest BCUT2D eigenvalue weighted by atomic mass is 9.91. The van der Waals surface area contributed by atoms with Gasteiger partial charge in [-0.3, -0.25) is 10.1 Å². The molecule has 6 heteroatoms. The second-order valence-electron chi connectivity index (χ2n) is 3.92. The Morgan fingerprint density at radius 2 is 1.82 bits per heavy atom. The maximum atomic E-state index is 11.6. The molecule has 1 unspecified atom stereocenters. The van der Waals surface area contributed by atoms with Crippen molar-refractivity contribution >= 4 is 17.9 Å². The molecular formula is C11H10N2O4. The molecule has 3 amide bonds. The normalized spacial score (nSPS) is 23.1. The van der Waals surface area contributed by atoms with E-state index in [0.717, 1.165) is 0 Å². The SMILES string of the molecule is CC1(c2ccc(C(=O)O)cc2)NC(=O)NC1=O. The minimum Gasteiger partial charge on any atom is -0.478 e. The summed E-state index contributed by atoms with van der Waals surface area (Å²) in [5.41, 5.74) is -0.485. The lowest BCUT2D eigenvalue weighted by Gasteiger charge is -2.20. The van der Waals surface area contributed by atoms with E-state index in [1.807, 2.05) is 0 Å². The number of benzene rings is 1. The fraction of sp³-hybridized carbons (Fsp3) is 0.182. The highest BCUT2D eigenvalue weighted by Gasteiger charge is 2.43. The summed E-state index contributed by atoms with van der Waals surface area (Å²) in [5, 5.41) is 13.4. The molecule has 0 bridgehead atoms. The molecule has 0 radical (unpaired) electrons. The Labute approximate surface area is 96.6 Å². The number of urea groups is 1. The maximum Gasteiger partial charge on any atom is 0.335 e. The molecule has 1 aromatic carbocycles. The minimum absolute atomic E-state index is 0.127. The van der Waals surface area contributed by atoms with Gasteiger partial charge in [-0.2, -0.15) is 0 Å². The zero-order valence-electron chi connectivity index (χ0n) is 8.98. The molecule has 2 rings (SSSR count). The number of carboxylic acids is 1. The first-order valence-electron chi connectivity index (χ1n) is 4.91. The molecule has 0 spiro atoms. The van der Waals surface area contributed by atoms with Crippen LogP contribution in [-0.2, 0) is 10.3 Å². The second-order valence-corrected chi connectivity index (χ2v) is 3.92. The Balaban J connectivity index is 2.37. The van der Waals surface area contributed by atoms with Crippen LogP contribution in [0, 0.1) is 0 Å². The van der Waals surface area contributed by atoms with Crippen LogP contribution in [0.4, 0.5) is 4.79 Å². The van der Waals surface area contributed by atoms with Crippen LogP contribution >= 0.6 is 0 Å². The van der Waals surface area contributed by atoms with Gasteiger partial charge in [0.25, 0.3) is 5.91 Å². The number of carbonyl (C=O) groups is 3. The second kappa shape index (κ2) is 3.58. The predicted octanol–water partition coefficient (Wildman–Crippen LogP) is 0.439. The predicted molar refractivity (Wildman–Crippen MR) is 57.4 cm³/mol. The van der Waals surface area contributed by atoms with Gasteiger partial charge in [0.2, 0.25) is 0 Å². The number of nitrogens with one attached hydrogen (secondary N) is 2. The van der Waals surface area contributed by atoms with E-state index in [-0.39, 0.29) is 5.56 Å². The molecule has 3 N–H and O–H groups in total. The quantitative estimate of drug-likeness (QED) is 0.647. The molecule has 1 saturated heterocycles. The van der Waals surface area contributed by atoms with Gasteiger partial charge in [-0.05, 0) is 24.6 Å². The van der Waals surface area contributed by atoms with Crippen LogP contribution in [0.25, 0.3) is 0 Å². The van der Waals surface area contributed by atoms with Crippen LogP contribution in [0.2, 0.25) is 0 Å². The van der Waals surface area contributed by atoms with Gasteiger partial charge in [0.1, 0.15) is 5.54 Å². The first-order valence-corrected chi connectivity index (χ1v) is 4.91. The minimum atomic E-state index is -1.14. The summed E-state index contributed by atoms with van der Waals surface area (Å²) >= 11 is 0. The number of rotatable bonds is 2. The van der Waals surface area contributed by atoms with Crippen molar-refractivity contribution in [2.24, 2.45) is 0 Å². The molecule has 1 fully saturated rings. The van der Waals surface area contributed by atoms with Gasteiger partial charge in [0, 0.05) is 0 Å². The van der Waals surface area contributed by atoms with Crippen molar-refractivity contribution in [3.05, 3.63) is 35.4 Å². The molecule has 0 saturated carbocycles. The highest BCUT2D eigenvalue weighted by atomic mass is 16.4. The largest absolute Gasteiger partial charge is 0.478 e. The van der Waals surface area contributed by atoms with E-state index < -0.39 is 23.4 Å². The Kier molecular flexibility index (Phi) is 2.35. The molecule has 0 aromatic heterocycles. The van der Waals surface area contributed by atoms with Crippen molar-refractivity contribution in [1.29, 1.82) is 0 Å². The Hall–Kier alpha value is -2.37. The summed E-state index contributed by atoms with van der Waals surface area (Å²) < 4.78 is 0. The Bertz CT molecular complexity index is 509. The third-order valence-corrected chi connectivity index (χ3v) is 2.75. The first kappa shape index (κ1) is 11.1. The lowest BCUT2D eigenvalue weighted by Crippen LogP contribution is -2.40. The van der Waals surface area contributed by atoms with Crippen LogP contribution in [0.1, 0.15) is 22.8 Å². The van der Waals surface area contributed by atoms with E-state index in [1.54, 1.807) is 6.92 Å². The average Bonchev–Trinajstić information content (AvgIpc) is 2.54. The van der Waals surface area contributed by atoms with E-state index in [9.17, 15) is 14.4 Å². The number of amides is 3. The summed E-state index contributed by atoms with van der Waals surface area (Å²) in [7, 11) is 0. The van der Waals surface area contributed by atoms with Crippen LogP contribution in [-0.4, -0.2) is 23.0 Å². The van der Waals surface area contributed by atoms with Gasteiger partial charge >= 0.3 is 12.0 Å². The van der Waals surface area contributed by atoms with Crippen LogP contribution in [0.5, 0.6) is 0 Å². The Morgan fingerprint density at radius 1 is 1.24 bits per heavy atom. The van der Waals surface area contributed by atoms with Gasteiger partial charge in [-0.1, -0.05) is 12.1 Å². The molecule has 1 aromatic rings. The van der Waals surface area contributed by atoms with Crippen molar-refractivity contribution < 1.29 is 19.5 Å². The average molecular weight is 234 g/mol. The molecule has 0 aliphatic carbocycles. The molecule has 88 valence electrons. The van der Waals surface area contributed by atoms with Crippen molar-refractivity contribution in [1.82, 2.24) is 10.6 Å². The maximum absolute atomic E-state index is 11.6. The summed E-state index contributed by atoms with van der Waals surface area (Å²) in [6.45, 7) is 1.56.